The number of amides is 3. The zero-order valence-corrected chi connectivity index (χ0v) is 13.7. The highest BCUT2D eigenvalue weighted by atomic mass is 35.5. The van der Waals surface area contributed by atoms with Gasteiger partial charge in [-0.15, -0.1) is 0 Å². The van der Waals surface area contributed by atoms with Crippen molar-refractivity contribution in [2.45, 2.75) is 19.0 Å². The van der Waals surface area contributed by atoms with Crippen LogP contribution < -0.4 is 11.1 Å². The summed E-state index contributed by atoms with van der Waals surface area (Å²) in [6.07, 6.45) is 2.50. The van der Waals surface area contributed by atoms with Crippen molar-refractivity contribution in [3.8, 4) is 0 Å². The Morgan fingerprint density at radius 3 is 2.52 bits per heavy atom. The first-order chi connectivity index (χ1) is 9.93. The van der Waals surface area contributed by atoms with Crippen molar-refractivity contribution in [3.63, 3.8) is 0 Å². The topological polar surface area (TPSA) is 75.4 Å². The third kappa shape index (κ3) is 6.27. The summed E-state index contributed by atoms with van der Waals surface area (Å²) in [5.74, 6) is 0.615. The van der Waals surface area contributed by atoms with Gasteiger partial charge in [-0.05, 0) is 36.1 Å². The number of benzene rings is 1. The van der Waals surface area contributed by atoms with Gasteiger partial charge in [-0.3, -0.25) is 4.79 Å². The molecule has 0 aliphatic carbocycles. The molecule has 7 heteroatoms. The third-order valence-corrected chi connectivity index (χ3v) is 3.83. The van der Waals surface area contributed by atoms with Gasteiger partial charge < -0.3 is 16.0 Å². The summed E-state index contributed by atoms with van der Waals surface area (Å²) in [6.45, 7) is 0.451. The highest BCUT2D eigenvalue weighted by Crippen LogP contribution is 2.12. The molecule has 0 fully saturated rings. The van der Waals surface area contributed by atoms with E-state index < -0.39 is 12.1 Å². The highest BCUT2D eigenvalue weighted by molar-refractivity contribution is 7.98. The van der Waals surface area contributed by atoms with Crippen molar-refractivity contribution < 1.29 is 9.59 Å². The van der Waals surface area contributed by atoms with Crippen LogP contribution in [0.5, 0.6) is 0 Å². The molecule has 0 aliphatic heterocycles. The average molecular weight is 330 g/mol. The van der Waals surface area contributed by atoms with Crippen LogP contribution in [0, 0.1) is 0 Å². The molecule has 116 valence electrons. The zero-order chi connectivity index (χ0) is 15.8. The lowest BCUT2D eigenvalue weighted by Gasteiger charge is -2.24. The van der Waals surface area contributed by atoms with Crippen LogP contribution in [0.15, 0.2) is 24.3 Å². The Kier molecular flexibility index (Phi) is 7.39. The fraction of sp³-hybridized carbons (Fsp3) is 0.429. The summed E-state index contributed by atoms with van der Waals surface area (Å²) >= 11 is 7.45. The number of hydrogen-bond acceptors (Lipinski definition) is 3. The van der Waals surface area contributed by atoms with Crippen LogP contribution >= 0.6 is 23.4 Å². The molecule has 3 N–H and O–H groups in total. The van der Waals surface area contributed by atoms with Crippen LogP contribution in [0.2, 0.25) is 5.02 Å². The molecular formula is C14H20ClN3O2S. The number of urea groups is 1. The minimum Gasteiger partial charge on any atom is -0.352 e. The van der Waals surface area contributed by atoms with E-state index in [-0.39, 0.29) is 5.91 Å². The van der Waals surface area contributed by atoms with E-state index in [2.05, 4.69) is 5.32 Å². The lowest BCUT2D eigenvalue weighted by atomic mass is 10.1. The van der Waals surface area contributed by atoms with Crippen LogP contribution in [0.25, 0.3) is 0 Å². The van der Waals surface area contributed by atoms with Crippen molar-refractivity contribution in [2.24, 2.45) is 5.73 Å². The molecule has 0 spiro atoms. The molecule has 0 heterocycles. The molecule has 0 aromatic heterocycles. The Morgan fingerprint density at radius 1 is 1.38 bits per heavy atom. The molecule has 0 aliphatic rings. The summed E-state index contributed by atoms with van der Waals surface area (Å²) in [5, 5.41) is 3.16. The van der Waals surface area contributed by atoms with E-state index in [1.54, 1.807) is 35.8 Å². The van der Waals surface area contributed by atoms with Crippen LogP contribution in [0.3, 0.4) is 0 Å². The predicted octanol–water partition coefficient (Wildman–Crippen LogP) is 2.09. The van der Waals surface area contributed by atoms with Gasteiger partial charge in [0.25, 0.3) is 0 Å². The first-order valence-corrected chi connectivity index (χ1v) is 8.25. The fourth-order valence-corrected chi connectivity index (χ4v) is 2.47. The van der Waals surface area contributed by atoms with E-state index >= 15 is 0 Å². The van der Waals surface area contributed by atoms with Crippen molar-refractivity contribution >= 4 is 35.3 Å². The lowest BCUT2D eigenvalue weighted by Crippen LogP contribution is -2.49. The van der Waals surface area contributed by atoms with E-state index in [9.17, 15) is 9.59 Å². The molecular weight excluding hydrogens is 310 g/mol. The van der Waals surface area contributed by atoms with Crippen LogP contribution in [-0.2, 0) is 11.3 Å². The SMILES string of the molecule is CSCCC(NC(N)=O)C(=O)N(C)Cc1ccc(Cl)cc1. The molecule has 1 unspecified atom stereocenters. The van der Waals surface area contributed by atoms with Crippen LogP contribution in [0.1, 0.15) is 12.0 Å². The van der Waals surface area contributed by atoms with Gasteiger partial charge in [0, 0.05) is 18.6 Å². The monoisotopic (exact) mass is 329 g/mol. The number of hydrogen-bond donors (Lipinski definition) is 2. The van der Waals surface area contributed by atoms with E-state index in [1.165, 1.54) is 0 Å². The van der Waals surface area contributed by atoms with E-state index in [1.807, 2.05) is 18.4 Å². The standard InChI is InChI=1S/C14H20ClN3O2S/c1-18(9-10-3-5-11(15)6-4-10)13(19)12(7-8-21-2)17-14(16)20/h3-6,12H,7-9H2,1-2H3,(H3,16,17,20). The number of likely N-dealkylation sites (N-methyl/N-ethyl adjacent to an activating group) is 1. The fourth-order valence-electron chi connectivity index (χ4n) is 1.87. The molecule has 0 radical (unpaired) electrons. The summed E-state index contributed by atoms with van der Waals surface area (Å²) in [6, 6.07) is 6.01. The molecule has 3 amide bonds. The Bertz CT molecular complexity index is 482. The zero-order valence-electron chi connectivity index (χ0n) is 12.1. The second-order valence-corrected chi connectivity index (χ2v) is 6.09. The normalized spacial score (nSPS) is 11.8. The Hall–Kier alpha value is -1.40. The van der Waals surface area contributed by atoms with Gasteiger partial charge in [0.1, 0.15) is 6.04 Å². The molecule has 1 atom stereocenters. The second-order valence-electron chi connectivity index (χ2n) is 4.66. The Morgan fingerprint density at radius 2 is 2.00 bits per heavy atom. The van der Waals surface area contributed by atoms with Gasteiger partial charge in [0.05, 0.1) is 0 Å². The Balaban J connectivity index is 2.67. The highest BCUT2D eigenvalue weighted by Gasteiger charge is 2.22. The first kappa shape index (κ1) is 17.7. The van der Waals surface area contributed by atoms with E-state index in [4.69, 9.17) is 17.3 Å². The molecule has 21 heavy (non-hydrogen) atoms. The molecule has 1 aromatic carbocycles. The molecule has 1 aromatic rings. The van der Waals surface area contributed by atoms with Gasteiger partial charge in [0.2, 0.25) is 5.91 Å². The molecule has 0 saturated carbocycles. The number of primary amides is 1. The predicted molar refractivity (Wildman–Crippen MR) is 87.4 cm³/mol. The molecule has 0 bridgehead atoms. The van der Waals surface area contributed by atoms with E-state index in [0.717, 1.165) is 11.3 Å². The Labute approximate surface area is 134 Å². The van der Waals surface area contributed by atoms with Gasteiger partial charge >= 0.3 is 6.03 Å². The average Bonchev–Trinajstić information content (AvgIpc) is 2.44. The number of nitrogens with two attached hydrogens (primary N) is 1. The minimum absolute atomic E-state index is 0.155. The van der Waals surface area contributed by atoms with Crippen LogP contribution in [-0.4, -0.2) is 41.9 Å². The third-order valence-electron chi connectivity index (χ3n) is 2.93. The first-order valence-electron chi connectivity index (χ1n) is 6.48. The molecule has 0 saturated heterocycles. The van der Waals surface area contributed by atoms with Crippen molar-refractivity contribution in [1.82, 2.24) is 10.2 Å². The number of carbonyl (C=O) groups is 2. The quantitative estimate of drug-likeness (QED) is 0.804. The number of rotatable bonds is 7. The largest absolute Gasteiger partial charge is 0.352 e. The van der Waals surface area contributed by atoms with Crippen molar-refractivity contribution in [3.05, 3.63) is 34.9 Å². The van der Waals surface area contributed by atoms with Crippen LogP contribution in [0.4, 0.5) is 4.79 Å². The van der Waals surface area contributed by atoms with Gasteiger partial charge in [-0.2, -0.15) is 11.8 Å². The van der Waals surface area contributed by atoms with Crippen molar-refractivity contribution in [1.29, 1.82) is 0 Å². The number of nitrogens with zero attached hydrogens (tertiary/aromatic N) is 1. The number of nitrogens with one attached hydrogen (secondary N) is 1. The number of carbonyl (C=O) groups excluding carboxylic acids is 2. The molecule has 5 nitrogen and oxygen atoms in total. The van der Waals surface area contributed by atoms with Gasteiger partial charge in [0.15, 0.2) is 0 Å². The lowest BCUT2D eigenvalue weighted by molar-refractivity contribution is -0.132. The summed E-state index contributed by atoms with van der Waals surface area (Å²) < 4.78 is 0. The molecule has 1 rings (SSSR count). The van der Waals surface area contributed by atoms with Gasteiger partial charge in [-0.25, -0.2) is 4.79 Å². The van der Waals surface area contributed by atoms with Gasteiger partial charge in [-0.1, -0.05) is 23.7 Å². The summed E-state index contributed by atoms with van der Waals surface area (Å²) in [5.41, 5.74) is 6.10. The second kappa shape index (κ2) is 8.79. The summed E-state index contributed by atoms with van der Waals surface area (Å²) in [4.78, 5) is 25.0. The maximum Gasteiger partial charge on any atom is 0.312 e. The smallest absolute Gasteiger partial charge is 0.312 e. The maximum absolute atomic E-state index is 12.4. The minimum atomic E-state index is -0.686. The maximum atomic E-state index is 12.4. The number of halogens is 1. The number of thioether (sulfide) groups is 1. The van der Waals surface area contributed by atoms with E-state index in [0.29, 0.717) is 18.0 Å². The summed E-state index contributed by atoms with van der Waals surface area (Å²) in [7, 11) is 1.70. The van der Waals surface area contributed by atoms with Crippen molar-refractivity contribution in [2.75, 3.05) is 19.1 Å².